The molecule has 2 nitrogen and oxygen atoms in total. The molecule has 1 aromatic rings. The van der Waals surface area contributed by atoms with Crippen LogP contribution in [0.3, 0.4) is 0 Å². The summed E-state index contributed by atoms with van der Waals surface area (Å²) in [4.78, 5) is 0. The fourth-order valence-corrected chi connectivity index (χ4v) is 3.28. The van der Waals surface area contributed by atoms with Gasteiger partial charge in [0.25, 0.3) is 0 Å². The largest absolute Gasteiger partial charge is 0.495 e. The molecule has 108 valence electrons. The van der Waals surface area contributed by atoms with Gasteiger partial charge in [-0.05, 0) is 51.3 Å². The fraction of sp³-hybridized carbons (Fsp3) is 0.600. The molecule has 0 radical (unpaired) electrons. The maximum absolute atomic E-state index is 5.33. The van der Waals surface area contributed by atoms with Crippen molar-refractivity contribution in [1.82, 2.24) is 0 Å². The van der Waals surface area contributed by atoms with Crippen molar-refractivity contribution in [1.29, 1.82) is 0 Å². The van der Waals surface area contributed by atoms with Gasteiger partial charge in [0.1, 0.15) is 5.75 Å². The first-order valence-electron chi connectivity index (χ1n) is 6.88. The molecule has 0 saturated carbocycles. The van der Waals surface area contributed by atoms with Gasteiger partial charge in [-0.3, -0.25) is 0 Å². The van der Waals surface area contributed by atoms with Crippen molar-refractivity contribution in [3.05, 3.63) is 21.1 Å². The van der Waals surface area contributed by atoms with Gasteiger partial charge in [-0.25, -0.2) is 0 Å². The van der Waals surface area contributed by atoms with Crippen LogP contribution >= 0.6 is 31.9 Å². The molecular formula is C15H23Br2NO. The van der Waals surface area contributed by atoms with Crippen molar-refractivity contribution in [2.45, 2.75) is 52.0 Å². The molecule has 0 aromatic heterocycles. The van der Waals surface area contributed by atoms with Crippen molar-refractivity contribution < 1.29 is 4.74 Å². The summed E-state index contributed by atoms with van der Waals surface area (Å²) in [6.07, 6.45) is 6.44. The molecule has 1 unspecified atom stereocenters. The van der Waals surface area contributed by atoms with Crippen LogP contribution in [0.1, 0.15) is 46.0 Å². The molecule has 1 rings (SSSR count). The standard InChI is InChI=1S/C15H23Br2NO/c1-4-5-6-7-8-11(2)18-14-10-15(19-3)13(17)9-12(14)16/h9-11,18H,4-8H2,1-3H3. The van der Waals surface area contributed by atoms with Gasteiger partial charge in [0.15, 0.2) is 0 Å². The van der Waals surface area contributed by atoms with Gasteiger partial charge in [0.2, 0.25) is 0 Å². The number of benzene rings is 1. The van der Waals surface area contributed by atoms with Crippen LogP contribution in [-0.4, -0.2) is 13.2 Å². The Balaban J connectivity index is 2.56. The molecular weight excluding hydrogens is 370 g/mol. The number of hydrogen-bond acceptors (Lipinski definition) is 2. The number of halogens is 2. The summed E-state index contributed by atoms with van der Waals surface area (Å²) in [5, 5.41) is 3.54. The predicted molar refractivity (Wildman–Crippen MR) is 90.2 cm³/mol. The van der Waals surface area contributed by atoms with Gasteiger partial charge >= 0.3 is 0 Å². The molecule has 19 heavy (non-hydrogen) atoms. The zero-order valence-corrected chi connectivity index (χ0v) is 15.1. The summed E-state index contributed by atoms with van der Waals surface area (Å²) >= 11 is 7.07. The molecule has 1 N–H and O–H groups in total. The van der Waals surface area contributed by atoms with Crippen LogP contribution in [-0.2, 0) is 0 Å². The Labute approximate surface area is 133 Å². The van der Waals surface area contributed by atoms with Crippen LogP contribution in [0, 0.1) is 0 Å². The van der Waals surface area contributed by atoms with Crippen molar-refractivity contribution in [3.8, 4) is 5.75 Å². The van der Waals surface area contributed by atoms with Gasteiger partial charge in [0.05, 0.1) is 17.3 Å². The molecule has 0 spiro atoms. The van der Waals surface area contributed by atoms with E-state index in [-0.39, 0.29) is 0 Å². The lowest BCUT2D eigenvalue weighted by molar-refractivity contribution is 0.412. The second kappa shape index (κ2) is 8.85. The fourth-order valence-electron chi connectivity index (χ4n) is 2.01. The number of hydrogen-bond donors (Lipinski definition) is 1. The van der Waals surface area contributed by atoms with Crippen LogP contribution in [0.2, 0.25) is 0 Å². The summed E-state index contributed by atoms with van der Waals surface area (Å²) < 4.78 is 7.34. The molecule has 0 aliphatic heterocycles. The smallest absolute Gasteiger partial charge is 0.135 e. The zero-order chi connectivity index (χ0) is 14.3. The van der Waals surface area contributed by atoms with E-state index in [0.717, 1.165) is 20.4 Å². The first kappa shape index (κ1) is 16.8. The molecule has 0 fully saturated rings. The van der Waals surface area contributed by atoms with E-state index in [1.807, 2.05) is 12.1 Å². The van der Waals surface area contributed by atoms with Gasteiger partial charge in [-0.1, -0.05) is 32.6 Å². The minimum Gasteiger partial charge on any atom is -0.495 e. The van der Waals surface area contributed by atoms with E-state index < -0.39 is 0 Å². The van der Waals surface area contributed by atoms with Crippen LogP contribution in [0.25, 0.3) is 0 Å². The highest BCUT2D eigenvalue weighted by Crippen LogP contribution is 2.35. The topological polar surface area (TPSA) is 21.3 Å². The lowest BCUT2D eigenvalue weighted by Gasteiger charge is -2.17. The monoisotopic (exact) mass is 391 g/mol. The minimum atomic E-state index is 0.471. The van der Waals surface area contributed by atoms with Gasteiger partial charge in [0, 0.05) is 16.6 Å². The Bertz CT molecular complexity index is 396. The van der Waals surface area contributed by atoms with Crippen LogP contribution in [0.15, 0.2) is 21.1 Å². The van der Waals surface area contributed by atoms with Gasteiger partial charge in [-0.2, -0.15) is 0 Å². The number of nitrogens with one attached hydrogen (secondary N) is 1. The average Bonchev–Trinajstić information content (AvgIpc) is 2.38. The third kappa shape index (κ3) is 5.74. The van der Waals surface area contributed by atoms with E-state index in [0.29, 0.717) is 6.04 Å². The second-order valence-corrected chi connectivity index (χ2v) is 6.57. The highest BCUT2D eigenvalue weighted by atomic mass is 79.9. The number of anilines is 1. The molecule has 4 heteroatoms. The second-order valence-electron chi connectivity index (χ2n) is 4.86. The molecule has 0 aliphatic rings. The third-order valence-corrected chi connectivity index (χ3v) is 4.41. The van der Waals surface area contributed by atoms with Crippen molar-refractivity contribution >= 4 is 37.5 Å². The minimum absolute atomic E-state index is 0.471. The summed E-state index contributed by atoms with van der Waals surface area (Å²) in [5.41, 5.74) is 1.09. The van der Waals surface area contributed by atoms with Gasteiger partial charge < -0.3 is 10.1 Å². The SMILES string of the molecule is CCCCCCC(C)Nc1cc(OC)c(Br)cc1Br. The van der Waals surface area contributed by atoms with E-state index in [1.165, 1.54) is 32.1 Å². The van der Waals surface area contributed by atoms with E-state index in [1.54, 1.807) is 7.11 Å². The Hall–Kier alpha value is -0.220. The molecule has 0 saturated heterocycles. The van der Waals surface area contributed by atoms with Crippen LogP contribution < -0.4 is 10.1 Å². The molecule has 0 heterocycles. The summed E-state index contributed by atoms with van der Waals surface area (Å²) in [6, 6.07) is 4.51. The predicted octanol–water partition coefficient (Wildman–Crippen LogP) is 5.99. The van der Waals surface area contributed by atoms with Crippen LogP contribution in [0.4, 0.5) is 5.69 Å². The molecule has 1 atom stereocenters. The quantitative estimate of drug-likeness (QED) is 0.548. The number of unbranched alkanes of at least 4 members (excludes halogenated alkanes) is 3. The Kier molecular flexibility index (Phi) is 7.84. The van der Waals surface area contributed by atoms with Crippen molar-refractivity contribution in [2.75, 3.05) is 12.4 Å². The van der Waals surface area contributed by atoms with E-state index in [9.17, 15) is 0 Å². The first-order chi connectivity index (χ1) is 9.08. The lowest BCUT2D eigenvalue weighted by atomic mass is 10.1. The third-order valence-electron chi connectivity index (χ3n) is 3.13. The number of methoxy groups -OCH3 is 1. The van der Waals surface area contributed by atoms with Gasteiger partial charge in [-0.15, -0.1) is 0 Å². The molecule has 0 bridgehead atoms. The van der Waals surface area contributed by atoms with E-state index in [4.69, 9.17) is 4.74 Å². The number of rotatable bonds is 8. The lowest BCUT2D eigenvalue weighted by Crippen LogP contribution is -2.15. The number of ether oxygens (including phenoxy) is 1. The Morgan fingerprint density at radius 1 is 1.16 bits per heavy atom. The summed E-state index contributed by atoms with van der Waals surface area (Å²) in [6.45, 7) is 4.47. The zero-order valence-electron chi connectivity index (χ0n) is 11.9. The van der Waals surface area contributed by atoms with Crippen molar-refractivity contribution in [3.63, 3.8) is 0 Å². The maximum Gasteiger partial charge on any atom is 0.135 e. The highest BCUT2D eigenvalue weighted by molar-refractivity contribution is 9.11. The van der Waals surface area contributed by atoms with E-state index in [2.05, 4.69) is 51.0 Å². The average molecular weight is 393 g/mol. The maximum atomic E-state index is 5.33. The Morgan fingerprint density at radius 3 is 2.53 bits per heavy atom. The Morgan fingerprint density at radius 2 is 1.89 bits per heavy atom. The summed E-state index contributed by atoms with van der Waals surface area (Å²) in [5.74, 6) is 0.851. The molecule has 0 aliphatic carbocycles. The van der Waals surface area contributed by atoms with Crippen molar-refractivity contribution in [2.24, 2.45) is 0 Å². The highest BCUT2D eigenvalue weighted by Gasteiger charge is 2.09. The first-order valence-corrected chi connectivity index (χ1v) is 8.46. The summed E-state index contributed by atoms with van der Waals surface area (Å²) in [7, 11) is 1.69. The molecule has 1 aromatic carbocycles. The normalized spacial score (nSPS) is 12.3. The van der Waals surface area contributed by atoms with Crippen LogP contribution in [0.5, 0.6) is 5.75 Å². The molecule has 0 amide bonds. The van der Waals surface area contributed by atoms with E-state index >= 15 is 0 Å².